The molecule has 1 fully saturated rings. The molecule has 3 rings (SSSR count). The summed E-state index contributed by atoms with van der Waals surface area (Å²) in [6, 6.07) is 0.0149. The second kappa shape index (κ2) is 6.27. The van der Waals surface area contributed by atoms with Crippen molar-refractivity contribution in [2.75, 3.05) is 25.2 Å². The van der Waals surface area contributed by atoms with Crippen molar-refractivity contribution in [3.05, 3.63) is 24.0 Å². The molecule has 1 aliphatic heterocycles. The Bertz CT molecular complexity index is 631. The van der Waals surface area contributed by atoms with Gasteiger partial charge in [-0.15, -0.1) is 0 Å². The van der Waals surface area contributed by atoms with E-state index in [0.717, 1.165) is 30.4 Å². The number of hydrogen-bond donors (Lipinski definition) is 1. The Balaban J connectivity index is 1.90. The Kier molecular flexibility index (Phi) is 4.19. The predicted octanol–water partition coefficient (Wildman–Crippen LogP) is 1.27. The number of nitrogens with one attached hydrogen (secondary N) is 1. The van der Waals surface area contributed by atoms with E-state index in [1.165, 1.54) is 0 Å². The number of hydrogen-bond acceptors (Lipinski definition) is 7. The maximum atomic E-state index is 5.51. The highest BCUT2D eigenvalue weighted by molar-refractivity contribution is 5.42. The lowest BCUT2D eigenvalue weighted by Gasteiger charge is -2.23. The zero-order valence-electron chi connectivity index (χ0n) is 13.0. The fourth-order valence-corrected chi connectivity index (χ4v) is 2.67. The van der Waals surface area contributed by atoms with Gasteiger partial charge >= 0.3 is 0 Å². The summed E-state index contributed by atoms with van der Waals surface area (Å²) in [6.07, 6.45) is 4.27. The summed E-state index contributed by atoms with van der Waals surface area (Å²) in [4.78, 5) is 15.3. The van der Waals surface area contributed by atoms with Crippen LogP contribution in [0.1, 0.15) is 31.0 Å². The van der Waals surface area contributed by atoms with Crippen molar-refractivity contribution >= 4 is 5.82 Å². The highest BCUT2D eigenvalue weighted by Gasteiger charge is 2.36. The van der Waals surface area contributed by atoms with Gasteiger partial charge in [-0.05, 0) is 13.8 Å². The Morgan fingerprint density at radius 2 is 2.23 bits per heavy atom. The van der Waals surface area contributed by atoms with Crippen molar-refractivity contribution in [1.29, 1.82) is 0 Å². The largest absolute Gasteiger partial charge is 0.477 e. The normalized spacial score (nSPS) is 21.3. The van der Waals surface area contributed by atoms with Gasteiger partial charge in [0, 0.05) is 20.1 Å². The summed E-state index contributed by atoms with van der Waals surface area (Å²) >= 11 is 0. The number of aromatic nitrogens is 5. The van der Waals surface area contributed by atoms with Gasteiger partial charge in [0.25, 0.3) is 0 Å². The summed E-state index contributed by atoms with van der Waals surface area (Å²) < 4.78 is 10.9. The molecule has 3 heterocycles. The van der Waals surface area contributed by atoms with Crippen molar-refractivity contribution in [3.8, 4) is 5.88 Å². The zero-order valence-corrected chi connectivity index (χ0v) is 13.0. The van der Waals surface area contributed by atoms with E-state index in [0.29, 0.717) is 12.5 Å². The Labute approximate surface area is 128 Å². The average Bonchev–Trinajstić information content (AvgIpc) is 3.13. The minimum absolute atomic E-state index is 0.0149. The number of methoxy groups -OCH3 is 1. The van der Waals surface area contributed by atoms with Crippen LogP contribution in [0.4, 0.5) is 5.82 Å². The predicted molar refractivity (Wildman–Crippen MR) is 79.8 cm³/mol. The molecule has 8 heteroatoms. The number of H-pyrrole nitrogens is 1. The van der Waals surface area contributed by atoms with Gasteiger partial charge in [0.15, 0.2) is 11.6 Å². The zero-order chi connectivity index (χ0) is 15.5. The maximum Gasteiger partial charge on any atom is 0.234 e. The van der Waals surface area contributed by atoms with Gasteiger partial charge in [-0.1, -0.05) is 0 Å². The van der Waals surface area contributed by atoms with E-state index in [1.54, 1.807) is 19.5 Å². The van der Waals surface area contributed by atoms with Gasteiger partial charge < -0.3 is 14.4 Å². The third kappa shape index (κ3) is 2.87. The van der Waals surface area contributed by atoms with Gasteiger partial charge in [-0.3, -0.25) is 10.1 Å². The number of rotatable bonds is 5. The van der Waals surface area contributed by atoms with Crippen LogP contribution in [0.15, 0.2) is 12.4 Å². The second-order valence-corrected chi connectivity index (χ2v) is 5.19. The number of anilines is 1. The molecule has 0 bridgehead atoms. The quantitative estimate of drug-likeness (QED) is 0.889. The molecule has 0 aromatic carbocycles. The molecule has 2 aromatic rings. The molecular formula is C14H20N6O2. The van der Waals surface area contributed by atoms with Gasteiger partial charge in [0.2, 0.25) is 5.88 Å². The summed E-state index contributed by atoms with van der Waals surface area (Å²) in [5.41, 5.74) is 0. The van der Waals surface area contributed by atoms with E-state index >= 15 is 0 Å². The van der Waals surface area contributed by atoms with Crippen LogP contribution in [0, 0.1) is 6.92 Å². The Morgan fingerprint density at radius 3 is 2.91 bits per heavy atom. The van der Waals surface area contributed by atoms with Crippen molar-refractivity contribution in [2.45, 2.75) is 32.4 Å². The molecule has 2 aromatic heterocycles. The first kappa shape index (κ1) is 14.7. The lowest BCUT2D eigenvalue weighted by molar-refractivity contribution is 0.118. The van der Waals surface area contributed by atoms with E-state index < -0.39 is 0 Å². The first-order chi connectivity index (χ1) is 10.7. The third-order valence-electron chi connectivity index (χ3n) is 3.69. The molecule has 1 saturated heterocycles. The first-order valence-electron chi connectivity index (χ1n) is 7.34. The Morgan fingerprint density at radius 1 is 1.36 bits per heavy atom. The van der Waals surface area contributed by atoms with Crippen LogP contribution in [0.3, 0.4) is 0 Å². The van der Waals surface area contributed by atoms with Crippen LogP contribution in [-0.4, -0.2) is 51.5 Å². The molecule has 2 atom stereocenters. The lowest BCUT2D eigenvalue weighted by atomic mass is 10.2. The maximum absolute atomic E-state index is 5.51. The fraction of sp³-hybridized carbons (Fsp3) is 0.571. The molecule has 22 heavy (non-hydrogen) atoms. The van der Waals surface area contributed by atoms with E-state index in [2.05, 4.69) is 30.0 Å². The van der Waals surface area contributed by atoms with Gasteiger partial charge in [-0.25, -0.2) is 4.98 Å². The van der Waals surface area contributed by atoms with Crippen LogP contribution < -0.4 is 9.64 Å². The molecule has 0 aliphatic carbocycles. The lowest BCUT2D eigenvalue weighted by Crippen LogP contribution is -2.26. The smallest absolute Gasteiger partial charge is 0.234 e. The minimum Gasteiger partial charge on any atom is -0.477 e. The second-order valence-electron chi connectivity index (χ2n) is 5.19. The molecule has 1 N–H and O–H groups in total. The molecule has 0 radical (unpaired) electrons. The molecule has 1 aliphatic rings. The van der Waals surface area contributed by atoms with Gasteiger partial charge in [-0.2, -0.15) is 10.1 Å². The molecule has 118 valence electrons. The van der Waals surface area contributed by atoms with E-state index in [-0.39, 0.29) is 12.1 Å². The average molecular weight is 304 g/mol. The molecule has 0 amide bonds. The van der Waals surface area contributed by atoms with Gasteiger partial charge in [0.05, 0.1) is 31.1 Å². The summed E-state index contributed by atoms with van der Waals surface area (Å²) in [5, 5.41) is 7.18. The minimum atomic E-state index is 0.0149. The Hall–Kier alpha value is -2.22. The van der Waals surface area contributed by atoms with E-state index in [4.69, 9.17) is 9.47 Å². The molecular weight excluding hydrogens is 284 g/mol. The van der Waals surface area contributed by atoms with Crippen molar-refractivity contribution < 1.29 is 9.47 Å². The van der Waals surface area contributed by atoms with Gasteiger partial charge in [0.1, 0.15) is 5.82 Å². The van der Waals surface area contributed by atoms with Crippen LogP contribution in [0.5, 0.6) is 5.88 Å². The van der Waals surface area contributed by atoms with Crippen LogP contribution in [0.25, 0.3) is 0 Å². The monoisotopic (exact) mass is 304 g/mol. The molecule has 0 saturated carbocycles. The number of aromatic amines is 1. The SMILES string of the molecule is CCOc1cncc(N2C[C@H](OC)C[C@H]2c2n[nH]c(C)n2)n1. The third-order valence-corrected chi connectivity index (χ3v) is 3.69. The van der Waals surface area contributed by atoms with Crippen molar-refractivity contribution in [1.82, 2.24) is 25.1 Å². The number of ether oxygens (including phenoxy) is 2. The summed E-state index contributed by atoms with van der Waals surface area (Å²) in [5.74, 6) is 2.81. The standard InChI is InChI=1S/C14H20N6O2/c1-4-22-13-7-15-6-12(17-13)20-8-10(21-3)5-11(20)14-16-9(2)18-19-14/h6-7,10-11H,4-5,8H2,1-3H3,(H,16,18,19)/t10-,11+/m1/s1. The molecule has 8 nitrogen and oxygen atoms in total. The fourth-order valence-electron chi connectivity index (χ4n) is 2.67. The van der Waals surface area contributed by atoms with E-state index in [9.17, 15) is 0 Å². The topological polar surface area (TPSA) is 89.0 Å². The van der Waals surface area contributed by atoms with Crippen LogP contribution >= 0.6 is 0 Å². The van der Waals surface area contributed by atoms with E-state index in [1.807, 2.05) is 13.8 Å². The molecule has 0 unspecified atom stereocenters. The summed E-state index contributed by atoms with van der Waals surface area (Å²) in [6.45, 7) is 5.09. The van der Waals surface area contributed by atoms with Crippen LogP contribution in [-0.2, 0) is 4.74 Å². The number of aryl methyl sites for hydroxylation is 1. The van der Waals surface area contributed by atoms with Crippen molar-refractivity contribution in [3.63, 3.8) is 0 Å². The molecule has 0 spiro atoms. The highest BCUT2D eigenvalue weighted by atomic mass is 16.5. The van der Waals surface area contributed by atoms with Crippen molar-refractivity contribution in [2.24, 2.45) is 0 Å². The highest BCUT2D eigenvalue weighted by Crippen LogP contribution is 2.35. The first-order valence-corrected chi connectivity index (χ1v) is 7.34. The van der Waals surface area contributed by atoms with Crippen LogP contribution in [0.2, 0.25) is 0 Å². The number of nitrogens with zero attached hydrogens (tertiary/aromatic N) is 5. The summed E-state index contributed by atoms with van der Waals surface area (Å²) in [7, 11) is 1.72.